The van der Waals surface area contributed by atoms with Crippen LogP contribution >= 0.6 is 11.6 Å². The number of halogens is 1. The van der Waals surface area contributed by atoms with E-state index >= 15 is 0 Å². The normalized spacial score (nSPS) is 12.0. The summed E-state index contributed by atoms with van der Waals surface area (Å²) in [7, 11) is 1.59. The maximum Gasteiger partial charge on any atom is 0.232 e. The Bertz CT molecular complexity index is 638. The summed E-state index contributed by atoms with van der Waals surface area (Å²) >= 11 is 5.93. The molecule has 0 radical (unpaired) electrons. The highest BCUT2D eigenvalue weighted by Gasteiger charge is 2.24. The van der Waals surface area contributed by atoms with Gasteiger partial charge < -0.3 is 10.1 Å². The van der Waals surface area contributed by atoms with Crippen molar-refractivity contribution < 1.29 is 9.53 Å². The van der Waals surface area contributed by atoms with Gasteiger partial charge in [0.2, 0.25) is 5.91 Å². The van der Waals surface area contributed by atoms with Crippen molar-refractivity contribution in [1.29, 1.82) is 0 Å². The Kier molecular flexibility index (Phi) is 5.45. The first kappa shape index (κ1) is 16.4. The number of carbonyl (C=O) groups excluding carboxylic acids is 1. The molecule has 116 valence electrons. The second kappa shape index (κ2) is 7.32. The summed E-state index contributed by atoms with van der Waals surface area (Å²) in [6.45, 7) is 4.06. The monoisotopic (exact) mass is 317 g/mol. The Morgan fingerprint density at radius 2 is 1.73 bits per heavy atom. The molecule has 1 atom stereocenters. The molecular weight excluding hydrogens is 298 g/mol. The second-order valence-electron chi connectivity index (χ2n) is 5.46. The number of carbonyl (C=O) groups is 1. The van der Waals surface area contributed by atoms with Crippen LogP contribution in [0.4, 0.5) is 5.69 Å². The van der Waals surface area contributed by atoms with Gasteiger partial charge in [-0.15, -0.1) is 0 Å². The van der Waals surface area contributed by atoms with Crippen molar-refractivity contribution in [1.82, 2.24) is 0 Å². The van der Waals surface area contributed by atoms with Crippen LogP contribution in [0.15, 0.2) is 48.5 Å². The average molecular weight is 318 g/mol. The molecule has 2 rings (SSSR count). The summed E-state index contributed by atoms with van der Waals surface area (Å²) < 4.78 is 5.28. The lowest BCUT2D eigenvalue weighted by Crippen LogP contribution is -2.25. The van der Waals surface area contributed by atoms with Gasteiger partial charge in [0.05, 0.1) is 18.7 Å². The fourth-order valence-electron chi connectivity index (χ4n) is 2.47. The van der Waals surface area contributed by atoms with Gasteiger partial charge >= 0.3 is 0 Å². The number of amides is 1. The summed E-state index contributed by atoms with van der Waals surface area (Å²) in [5.74, 6) is 0.509. The summed E-state index contributed by atoms with van der Waals surface area (Å²) in [6, 6.07) is 14.8. The third-order valence-electron chi connectivity index (χ3n) is 3.54. The molecule has 0 heterocycles. The third-order valence-corrected chi connectivity index (χ3v) is 3.80. The Morgan fingerprint density at radius 3 is 2.32 bits per heavy atom. The van der Waals surface area contributed by atoms with Gasteiger partial charge in [0, 0.05) is 5.02 Å². The molecule has 0 aromatic heterocycles. The number of anilines is 1. The molecule has 0 spiro atoms. The molecule has 0 aliphatic rings. The molecule has 0 aliphatic carbocycles. The van der Waals surface area contributed by atoms with Crippen LogP contribution < -0.4 is 10.1 Å². The summed E-state index contributed by atoms with van der Waals surface area (Å²) in [5.41, 5.74) is 1.63. The molecule has 1 amide bonds. The number of hydrogen-bond donors (Lipinski definition) is 1. The maximum absolute atomic E-state index is 12.7. The van der Waals surface area contributed by atoms with E-state index in [0.29, 0.717) is 16.5 Å². The molecule has 2 aromatic rings. The lowest BCUT2D eigenvalue weighted by atomic mass is 9.87. The molecule has 3 nitrogen and oxygen atoms in total. The van der Waals surface area contributed by atoms with Gasteiger partial charge in [-0.05, 0) is 35.7 Å². The fraction of sp³-hybridized carbons (Fsp3) is 0.278. The van der Waals surface area contributed by atoms with Gasteiger partial charge in [-0.2, -0.15) is 0 Å². The lowest BCUT2D eigenvalue weighted by Gasteiger charge is -2.21. The SMILES string of the molecule is COc1ccccc1NC(=O)C(c1ccc(Cl)cc1)C(C)C. The number of para-hydroxylation sites is 2. The van der Waals surface area contributed by atoms with E-state index < -0.39 is 0 Å². The minimum atomic E-state index is -0.248. The Morgan fingerprint density at radius 1 is 1.09 bits per heavy atom. The van der Waals surface area contributed by atoms with Crippen molar-refractivity contribution in [3.63, 3.8) is 0 Å². The van der Waals surface area contributed by atoms with Crippen LogP contribution in [0.1, 0.15) is 25.3 Å². The maximum atomic E-state index is 12.7. The number of methoxy groups -OCH3 is 1. The van der Waals surface area contributed by atoms with Crippen molar-refractivity contribution in [3.05, 3.63) is 59.1 Å². The Hall–Kier alpha value is -2.00. The van der Waals surface area contributed by atoms with Crippen molar-refractivity contribution in [3.8, 4) is 5.75 Å². The summed E-state index contributed by atoms with van der Waals surface area (Å²) in [5, 5.41) is 3.62. The van der Waals surface area contributed by atoms with Crippen LogP contribution in [-0.2, 0) is 4.79 Å². The first-order chi connectivity index (χ1) is 10.5. The van der Waals surface area contributed by atoms with E-state index in [1.807, 2.05) is 62.4 Å². The smallest absolute Gasteiger partial charge is 0.232 e. The molecule has 22 heavy (non-hydrogen) atoms. The Labute approximate surface area is 136 Å². The zero-order valence-corrected chi connectivity index (χ0v) is 13.7. The van der Waals surface area contributed by atoms with Crippen molar-refractivity contribution >= 4 is 23.2 Å². The topological polar surface area (TPSA) is 38.3 Å². The lowest BCUT2D eigenvalue weighted by molar-refractivity contribution is -0.118. The van der Waals surface area contributed by atoms with Crippen LogP contribution in [-0.4, -0.2) is 13.0 Å². The van der Waals surface area contributed by atoms with E-state index in [-0.39, 0.29) is 17.7 Å². The van der Waals surface area contributed by atoms with Gasteiger partial charge in [0.1, 0.15) is 5.75 Å². The number of rotatable bonds is 5. The standard InChI is InChI=1S/C18H20ClNO2/c1-12(2)17(13-8-10-14(19)11-9-13)18(21)20-15-6-4-5-7-16(15)22-3/h4-12,17H,1-3H3,(H,20,21). The van der Waals surface area contributed by atoms with Crippen LogP contribution in [0.2, 0.25) is 5.02 Å². The first-order valence-corrected chi connectivity index (χ1v) is 7.60. The first-order valence-electron chi connectivity index (χ1n) is 7.22. The highest BCUT2D eigenvalue weighted by atomic mass is 35.5. The largest absolute Gasteiger partial charge is 0.495 e. The zero-order valence-electron chi connectivity index (χ0n) is 13.0. The summed E-state index contributed by atoms with van der Waals surface area (Å²) in [4.78, 5) is 12.7. The van der Waals surface area contributed by atoms with E-state index in [2.05, 4.69) is 5.32 Å². The molecule has 0 saturated carbocycles. The van der Waals surface area contributed by atoms with Gasteiger partial charge in [0.25, 0.3) is 0 Å². The van der Waals surface area contributed by atoms with Crippen LogP contribution in [0.3, 0.4) is 0 Å². The van der Waals surface area contributed by atoms with Gasteiger partial charge in [-0.25, -0.2) is 0 Å². The molecule has 1 N–H and O–H groups in total. The minimum absolute atomic E-state index is 0.0539. The van der Waals surface area contributed by atoms with Crippen LogP contribution in [0.25, 0.3) is 0 Å². The molecule has 0 saturated heterocycles. The molecular formula is C18H20ClNO2. The van der Waals surface area contributed by atoms with Gasteiger partial charge in [-0.1, -0.05) is 49.7 Å². The highest BCUT2D eigenvalue weighted by Crippen LogP contribution is 2.29. The third kappa shape index (κ3) is 3.80. The quantitative estimate of drug-likeness (QED) is 0.866. The minimum Gasteiger partial charge on any atom is -0.495 e. The number of benzene rings is 2. The number of hydrogen-bond acceptors (Lipinski definition) is 2. The fourth-order valence-corrected chi connectivity index (χ4v) is 2.59. The number of ether oxygens (including phenoxy) is 1. The van der Waals surface area contributed by atoms with Crippen LogP contribution in [0, 0.1) is 5.92 Å². The van der Waals surface area contributed by atoms with Crippen molar-refractivity contribution in [2.45, 2.75) is 19.8 Å². The Balaban J connectivity index is 2.25. The predicted octanol–water partition coefficient (Wildman–Crippen LogP) is 4.73. The van der Waals surface area contributed by atoms with E-state index in [1.54, 1.807) is 7.11 Å². The number of nitrogens with one attached hydrogen (secondary N) is 1. The molecule has 0 bridgehead atoms. The predicted molar refractivity (Wildman–Crippen MR) is 90.7 cm³/mol. The van der Waals surface area contributed by atoms with Crippen molar-refractivity contribution in [2.75, 3.05) is 12.4 Å². The molecule has 0 fully saturated rings. The van der Waals surface area contributed by atoms with E-state index in [4.69, 9.17) is 16.3 Å². The van der Waals surface area contributed by atoms with Gasteiger partial charge in [-0.3, -0.25) is 4.79 Å². The van der Waals surface area contributed by atoms with Crippen molar-refractivity contribution in [2.24, 2.45) is 5.92 Å². The average Bonchev–Trinajstić information content (AvgIpc) is 2.49. The van der Waals surface area contributed by atoms with Crippen LogP contribution in [0.5, 0.6) is 5.75 Å². The van der Waals surface area contributed by atoms with E-state index in [1.165, 1.54) is 0 Å². The van der Waals surface area contributed by atoms with Gasteiger partial charge in [0.15, 0.2) is 0 Å². The molecule has 1 unspecified atom stereocenters. The summed E-state index contributed by atoms with van der Waals surface area (Å²) in [6.07, 6.45) is 0. The molecule has 2 aromatic carbocycles. The zero-order chi connectivity index (χ0) is 16.1. The second-order valence-corrected chi connectivity index (χ2v) is 5.90. The van der Waals surface area contributed by atoms with E-state index in [0.717, 1.165) is 5.56 Å². The highest BCUT2D eigenvalue weighted by molar-refractivity contribution is 6.30. The van der Waals surface area contributed by atoms with E-state index in [9.17, 15) is 4.79 Å². The molecule has 4 heteroatoms. The molecule has 0 aliphatic heterocycles.